The van der Waals surface area contributed by atoms with Crippen molar-refractivity contribution < 1.29 is 0 Å². The van der Waals surface area contributed by atoms with Gasteiger partial charge in [0.05, 0.1) is 6.04 Å². The van der Waals surface area contributed by atoms with E-state index in [1.807, 2.05) is 4.68 Å². The number of fused-ring (bicyclic) bond motifs is 1. The highest BCUT2D eigenvalue weighted by Gasteiger charge is 2.23. The largest absolute Gasteiger partial charge is 0.299 e. The Hall–Kier alpha value is -0.990. The molecule has 1 fully saturated rings. The predicted molar refractivity (Wildman–Crippen MR) is 63.8 cm³/mol. The minimum absolute atomic E-state index is 0.281. The lowest BCUT2D eigenvalue weighted by Crippen LogP contribution is -2.22. The van der Waals surface area contributed by atoms with Gasteiger partial charge in [0.15, 0.2) is 0 Å². The molecular formula is C13H20N2O. The third kappa shape index (κ3) is 1.62. The van der Waals surface area contributed by atoms with Crippen molar-refractivity contribution in [1.82, 2.24) is 9.78 Å². The van der Waals surface area contributed by atoms with Crippen molar-refractivity contribution in [3.8, 4) is 0 Å². The van der Waals surface area contributed by atoms with Gasteiger partial charge in [0.25, 0.3) is 5.56 Å². The summed E-state index contributed by atoms with van der Waals surface area (Å²) in [6.07, 6.45) is 10.7. The highest BCUT2D eigenvalue weighted by atomic mass is 16.1. The van der Waals surface area contributed by atoms with Crippen LogP contribution in [0.15, 0.2) is 4.79 Å². The molecule has 0 saturated heterocycles. The predicted octanol–water partition coefficient (Wildman–Crippen LogP) is 2.56. The van der Waals surface area contributed by atoms with Gasteiger partial charge >= 0.3 is 0 Å². The van der Waals surface area contributed by atoms with E-state index in [4.69, 9.17) is 0 Å². The van der Waals surface area contributed by atoms with Crippen LogP contribution >= 0.6 is 0 Å². The second kappa shape index (κ2) is 4.11. The summed E-state index contributed by atoms with van der Waals surface area (Å²) in [5.74, 6) is 0. The summed E-state index contributed by atoms with van der Waals surface area (Å²) in [6.45, 7) is 0. The van der Waals surface area contributed by atoms with Crippen LogP contribution in [-0.2, 0) is 12.8 Å². The zero-order valence-corrected chi connectivity index (χ0v) is 9.80. The summed E-state index contributed by atoms with van der Waals surface area (Å²) in [5, 5.41) is 3.39. The number of aromatic amines is 1. The van der Waals surface area contributed by atoms with Crippen molar-refractivity contribution in [1.29, 1.82) is 0 Å². The number of hydrogen-bond donors (Lipinski definition) is 1. The van der Waals surface area contributed by atoms with E-state index >= 15 is 0 Å². The van der Waals surface area contributed by atoms with E-state index in [1.165, 1.54) is 50.6 Å². The van der Waals surface area contributed by atoms with Crippen LogP contribution in [0.3, 0.4) is 0 Å². The van der Waals surface area contributed by atoms with Crippen LogP contribution in [0, 0.1) is 0 Å². The van der Waals surface area contributed by atoms with E-state index in [-0.39, 0.29) is 5.56 Å². The van der Waals surface area contributed by atoms with Crippen molar-refractivity contribution in [3.63, 3.8) is 0 Å². The summed E-state index contributed by atoms with van der Waals surface area (Å²) in [4.78, 5) is 12.3. The molecule has 0 atom stereocenters. The second-order valence-electron chi connectivity index (χ2n) is 5.24. The van der Waals surface area contributed by atoms with Crippen LogP contribution < -0.4 is 5.56 Å². The highest BCUT2D eigenvalue weighted by molar-refractivity contribution is 5.19. The van der Waals surface area contributed by atoms with Gasteiger partial charge in [-0.3, -0.25) is 9.89 Å². The Morgan fingerprint density at radius 3 is 2.56 bits per heavy atom. The molecule has 2 aliphatic carbocycles. The van der Waals surface area contributed by atoms with E-state index in [0.717, 1.165) is 18.4 Å². The third-order valence-electron chi connectivity index (χ3n) is 4.14. The maximum Gasteiger partial charge on any atom is 0.270 e. The van der Waals surface area contributed by atoms with Gasteiger partial charge in [-0.05, 0) is 38.5 Å². The molecule has 0 bridgehead atoms. The van der Waals surface area contributed by atoms with Crippen molar-refractivity contribution in [2.24, 2.45) is 0 Å². The molecule has 3 heteroatoms. The van der Waals surface area contributed by atoms with Crippen molar-refractivity contribution in [2.75, 3.05) is 0 Å². The Kier molecular flexibility index (Phi) is 2.62. The van der Waals surface area contributed by atoms with E-state index in [2.05, 4.69) is 5.10 Å². The molecule has 16 heavy (non-hydrogen) atoms. The number of H-pyrrole nitrogens is 1. The van der Waals surface area contributed by atoms with Crippen LogP contribution in [0.4, 0.5) is 0 Å². The summed E-state index contributed by atoms with van der Waals surface area (Å²) in [5.41, 5.74) is 2.60. The van der Waals surface area contributed by atoms with Crippen LogP contribution in [-0.4, -0.2) is 9.78 Å². The van der Waals surface area contributed by atoms with Gasteiger partial charge in [-0.2, -0.15) is 0 Å². The minimum atomic E-state index is 0.281. The molecule has 2 aliphatic rings. The second-order valence-corrected chi connectivity index (χ2v) is 5.24. The molecule has 1 saturated carbocycles. The molecule has 1 N–H and O–H groups in total. The normalized spacial score (nSPS) is 22.0. The highest BCUT2D eigenvalue weighted by Crippen LogP contribution is 2.28. The van der Waals surface area contributed by atoms with Crippen LogP contribution in [0.25, 0.3) is 0 Å². The van der Waals surface area contributed by atoms with Gasteiger partial charge in [0.1, 0.15) is 0 Å². The molecule has 88 valence electrons. The van der Waals surface area contributed by atoms with Gasteiger partial charge in [-0.15, -0.1) is 0 Å². The molecule has 0 spiro atoms. The average Bonchev–Trinajstić information content (AvgIpc) is 2.83. The van der Waals surface area contributed by atoms with Gasteiger partial charge in [0.2, 0.25) is 0 Å². The summed E-state index contributed by atoms with van der Waals surface area (Å²) >= 11 is 0. The maximum absolute atomic E-state index is 12.3. The van der Waals surface area contributed by atoms with Gasteiger partial charge in [0, 0.05) is 11.3 Å². The standard InChI is InChI=1S/C13H20N2O/c16-13-11-8-2-1-3-9-12(11)14-15(13)10-6-4-5-7-10/h10,14H,1-9H2. The summed E-state index contributed by atoms with van der Waals surface area (Å²) in [7, 11) is 0. The average molecular weight is 220 g/mol. The Balaban J connectivity index is 1.98. The molecule has 1 aromatic heterocycles. The first-order valence-corrected chi connectivity index (χ1v) is 6.68. The van der Waals surface area contributed by atoms with Crippen LogP contribution in [0.5, 0.6) is 0 Å². The Bertz CT molecular complexity index is 424. The van der Waals surface area contributed by atoms with Gasteiger partial charge in [-0.25, -0.2) is 4.68 Å². The first-order chi connectivity index (χ1) is 7.86. The molecule has 0 amide bonds. The summed E-state index contributed by atoms with van der Waals surface area (Å²) < 4.78 is 1.93. The van der Waals surface area contributed by atoms with E-state index in [9.17, 15) is 4.79 Å². The molecule has 0 radical (unpaired) electrons. The number of aromatic nitrogens is 2. The number of nitrogens with zero attached hydrogens (tertiary/aromatic N) is 1. The minimum Gasteiger partial charge on any atom is -0.299 e. The first kappa shape index (κ1) is 10.2. The molecule has 0 aliphatic heterocycles. The van der Waals surface area contributed by atoms with Crippen molar-refractivity contribution >= 4 is 0 Å². The third-order valence-corrected chi connectivity index (χ3v) is 4.14. The van der Waals surface area contributed by atoms with E-state index in [1.54, 1.807) is 0 Å². The molecule has 3 rings (SSSR count). The molecule has 0 unspecified atom stereocenters. The SMILES string of the molecule is O=c1c2c([nH]n1C1CCCC1)CCCCC2. The molecule has 1 heterocycles. The quantitative estimate of drug-likeness (QED) is 0.726. The first-order valence-electron chi connectivity index (χ1n) is 6.68. The van der Waals surface area contributed by atoms with E-state index in [0.29, 0.717) is 6.04 Å². The zero-order valence-electron chi connectivity index (χ0n) is 9.80. The molecular weight excluding hydrogens is 200 g/mol. The van der Waals surface area contributed by atoms with Gasteiger partial charge in [-0.1, -0.05) is 19.3 Å². The maximum atomic E-state index is 12.3. The fourth-order valence-electron chi connectivity index (χ4n) is 3.20. The number of nitrogens with one attached hydrogen (secondary N) is 1. The summed E-state index contributed by atoms with van der Waals surface area (Å²) in [6, 6.07) is 0.458. The fourth-order valence-corrected chi connectivity index (χ4v) is 3.20. The Morgan fingerprint density at radius 1 is 1.00 bits per heavy atom. The topological polar surface area (TPSA) is 37.8 Å². The number of rotatable bonds is 1. The Labute approximate surface area is 95.8 Å². The fraction of sp³-hybridized carbons (Fsp3) is 0.769. The van der Waals surface area contributed by atoms with Crippen molar-refractivity contribution in [3.05, 3.63) is 21.6 Å². The monoisotopic (exact) mass is 220 g/mol. The molecule has 1 aromatic rings. The van der Waals surface area contributed by atoms with Crippen LogP contribution in [0.2, 0.25) is 0 Å². The smallest absolute Gasteiger partial charge is 0.270 e. The molecule has 0 aromatic carbocycles. The number of hydrogen-bond acceptors (Lipinski definition) is 1. The Morgan fingerprint density at radius 2 is 1.75 bits per heavy atom. The lowest BCUT2D eigenvalue weighted by atomic mass is 10.1. The lowest BCUT2D eigenvalue weighted by molar-refractivity contribution is 0.449. The van der Waals surface area contributed by atoms with Crippen LogP contribution in [0.1, 0.15) is 62.2 Å². The number of aryl methyl sites for hydroxylation is 1. The lowest BCUT2D eigenvalue weighted by Gasteiger charge is -2.09. The molecule has 3 nitrogen and oxygen atoms in total. The van der Waals surface area contributed by atoms with Gasteiger partial charge < -0.3 is 0 Å². The zero-order chi connectivity index (χ0) is 11.0. The van der Waals surface area contributed by atoms with Crippen molar-refractivity contribution in [2.45, 2.75) is 63.8 Å². The van der Waals surface area contributed by atoms with E-state index < -0.39 is 0 Å².